The highest BCUT2D eigenvalue weighted by molar-refractivity contribution is 6.00. The van der Waals surface area contributed by atoms with E-state index in [0.29, 0.717) is 40.3 Å². The van der Waals surface area contributed by atoms with Crippen molar-refractivity contribution in [2.75, 3.05) is 56.3 Å². The molecule has 0 fully saturated rings. The fraction of sp³-hybridized carbons (Fsp3) is 0.261. The third-order valence-electron chi connectivity index (χ3n) is 4.62. The van der Waals surface area contributed by atoms with E-state index in [-0.39, 0.29) is 0 Å². The number of amides is 2. The van der Waals surface area contributed by atoms with Crippen LogP contribution < -0.4 is 35.1 Å². The van der Waals surface area contributed by atoms with Gasteiger partial charge in [-0.1, -0.05) is 0 Å². The first kappa shape index (κ1) is 23.5. The largest absolute Gasteiger partial charge is 0.493 e. The predicted octanol–water partition coefficient (Wildman–Crippen LogP) is 4.26. The normalized spacial score (nSPS) is 10.2. The van der Waals surface area contributed by atoms with Crippen molar-refractivity contribution in [1.29, 1.82) is 0 Å². The number of urea groups is 1. The van der Waals surface area contributed by atoms with Crippen molar-refractivity contribution in [1.82, 2.24) is 9.97 Å². The first-order valence-electron chi connectivity index (χ1n) is 10.1. The molecule has 0 saturated heterocycles. The minimum Gasteiger partial charge on any atom is -0.493 e. The standard InChI is InChI=1S/C23H28N6O4/c1-14-24-20(13-21(25-14)29(2)3)26-15-7-9-16(10-8-15)27-23(30)28-17-11-18(31-4)22(33-6)19(12-17)32-5/h7-13H,1-6H3,(H,24,25,26)(H2,27,28,30). The van der Waals surface area contributed by atoms with Gasteiger partial charge in [-0.3, -0.25) is 0 Å². The maximum Gasteiger partial charge on any atom is 0.323 e. The van der Waals surface area contributed by atoms with Crippen LogP contribution in [0.2, 0.25) is 0 Å². The average Bonchev–Trinajstić information content (AvgIpc) is 2.79. The molecule has 0 aliphatic rings. The highest BCUT2D eigenvalue weighted by Gasteiger charge is 2.14. The van der Waals surface area contributed by atoms with Crippen molar-refractivity contribution >= 4 is 34.7 Å². The van der Waals surface area contributed by atoms with Gasteiger partial charge < -0.3 is 35.1 Å². The first-order valence-corrected chi connectivity index (χ1v) is 10.1. The van der Waals surface area contributed by atoms with Gasteiger partial charge in [-0.25, -0.2) is 14.8 Å². The molecule has 1 heterocycles. The van der Waals surface area contributed by atoms with Crippen LogP contribution in [0.1, 0.15) is 5.82 Å². The molecule has 3 N–H and O–H groups in total. The van der Waals surface area contributed by atoms with Crippen LogP contribution in [0.4, 0.5) is 33.5 Å². The van der Waals surface area contributed by atoms with Gasteiger partial charge in [-0.05, 0) is 31.2 Å². The number of anilines is 5. The Hall–Kier alpha value is -4.21. The highest BCUT2D eigenvalue weighted by Crippen LogP contribution is 2.39. The molecule has 3 aromatic rings. The SMILES string of the molecule is COc1cc(NC(=O)Nc2ccc(Nc3cc(N(C)C)nc(C)n3)cc2)cc(OC)c1OC. The molecule has 0 aliphatic carbocycles. The molecule has 0 saturated carbocycles. The van der Waals surface area contributed by atoms with E-state index in [1.807, 2.05) is 44.1 Å². The van der Waals surface area contributed by atoms with Crippen LogP contribution in [0, 0.1) is 6.92 Å². The molecule has 3 rings (SSSR count). The van der Waals surface area contributed by atoms with Crippen molar-refractivity contribution in [2.45, 2.75) is 6.92 Å². The quantitative estimate of drug-likeness (QED) is 0.465. The second-order valence-corrected chi connectivity index (χ2v) is 7.25. The zero-order valence-corrected chi connectivity index (χ0v) is 19.5. The van der Waals surface area contributed by atoms with Gasteiger partial charge in [0.1, 0.15) is 17.5 Å². The first-order chi connectivity index (χ1) is 15.8. The lowest BCUT2D eigenvalue weighted by atomic mass is 10.2. The summed E-state index contributed by atoms with van der Waals surface area (Å²) in [6, 6.07) is 12.0. The Morgan fingerprint density at radius 3 is 1.94 bits per heavy atom. The zero-order valence-electron chi connectivity index (χ0n) is 19.5. The van der Waals surface area contributed by atoms with Crippen LogP contribution in [0.3, 0.4) is 0 Å². The van der Waals surface area contributed by atoms with Gasteiger partial charge in [0, 0.05) is 43.7 Å². The summed E-state index contributed by atoms with van der Waals surface area (Å²) in [5.74, 6) is 3.51. The number of aryl methyl sites for hydroxylation is 1. The minimum atomic E-state index is -0.410. The number of carbonyl (C=O) groups is 1. The summed E-state index contributed by atoms with van der Waals surface area (Å²) in [4.78, 5) is 23.2. The Bertz CT molecular complexity index is 1090. The number of nitrogens with one attached hydrogen (secondary N) is 3. The number of rotatable bonds is 8. The third kappa shape index (κ3) is 5.94. The lowest BCUT2D eigenvalue weighted by Gasteiger charge is -2.15. The maximum absolute atomic E-state index is 12.5. The highest BCUT2D eigenvalue weighted by atomic mass is 16.5. The summed E-state index contributed by atoms with van der Waals surface area (Å²) >= 11 is 0. The molecule has 0 atom stereocenters. The smallest absolute Gasteiger partial charge is 0.323 e. The third-order valence-corrected chi connectivity index (χ3v) is 4.62. The van der Waals surface area contributed by atoms with E-state index in [4.69, 9.17) is 14.2 Å². The van der Waals surface area contributed by atoms with Crippen molar-refractivity contribution < 1.29 is 19.0 Å². The van der Waals surface area contributed by atoms with E-state index in [9.17, 15) is 4.79 Å². The molecule has 0 radical (unpaired) electrons. The summed E-state index contributed by atoms with van der Waals surface area (Å²) in [5, 5.41) is 8.81. The van der Waals surface area contributed by atoms with Gasteiger partial charge in [-0.15, -0.1) is 0 Å². The summed E-state index contributed by atoms with van der Waals surface area (Å²) < 4.78 is 15.9. The van der Waals surface area contributed by atoms with Crippen LogP contribution in [0.15, 0.2) is 42.5 Å². The van der Waals surface area contributed by atoms with E-state index in [1.165, 1.54) is 21.3 Å². The van der Waals surface area contributed by atoms with Gasteiger partial charge in [0.25, 0.3) is 0 Å². The molecule has 0 bridgehead atoms. The van der Waals surface area contributed by atoms with Crippen molar-refractivity contribution in [3.05, 3.63) is 48.3 Å². The predicted molar refractivity (Wildman–Crippen MR) is 130 cm³/mol. The molecular weight excluding hydrogens is 424 g/mol. The Labute approximate surface area is 192 Å². The molecule has 10 heteroatoms. The summed E-state index contributed by atoms with van der Waals surface area (Å²) in [6.07, 6.45) is 0. The van der Waals surface area contributed by atoms with Crippen LogP contribution in [-0.4, -0.2) is 51.4 Å². The van der Waals surface area contributed by atoms with Crippen LogP contribution >= 0.6 is 0 Å². The van der Waals surface area contributed by atoms with Crippen molar-refractivity contribution in [2.24, 2.45) is 0 Å². The number of aromatic nitrogens is 2. The topological polar surface area (TPSA) is 110 Å². The molecule has 0 aliphatic heterocycles. The van der Waals surface area contributed by atoms with Gasteiger partial charge in [0.05, 0.1) is 27.0 Å². The van der Waals surface area contributed by atoms with Crippen LogP contribution in [0.5, 0.6) is 17.2 Å². The van der Waals surface area contributed by atoms with E-state index >= 15 is 0 Å². The van der Waals surface area contributed by atoms with Crippen molar-refractivity contribution in [3.8, 4) is 17.2 Å². The molecule has 10 nitrogen and oxygen atoms in total. The second kappa shape index (κ2) is 10.4. The van der Waals surface area contributed by atoms with Gasteiger partial charge in [0.15, 0.2) is 11.5 Å². The summed E-state index contributed by atoms with van der Waals surface area (Å²) in [5.41, 5.74) is 1.95. The molecule has 0 spiro atoms. The average molecular weight is 453 g/mol. The van der Waals surface area contributed by atoms with E-state index in [1.54, 1.807) is 24.3 Å². The maximum atomic E-state index is 12.5. The van der Waals surface area contributed by atoms with E-state index in [2.05, 4.69) is 25.9 Å². The Morgan fingerprint density at radius 2 is 1.39 bits per heavy atom. The van der Waals surface area contributed by atoms with Crippen molar-refractivity contribution in [3.63, 3.8) is 0 Å². The van der Waals surface area contributed by atoms with E-state index < -0.39 is 6.03 Å². The molecule has 0 unspecified atom stereocenters. The summed E-state index contributed by atoms with van der Waals surface area (Å²) in [6.45, 7) is 1.85. The number of methoxy groups -OCH3 is 3. The Morgan fingerprint density at radius 1 is 0.818 bits per heavy atom. The lowest BCUT2D eigenvalue weighted by Crippen LogP contribution is -2.19. The molecule has 2 aromatic carbocycles. The fourth-order valence-electron chi connectivity index (χ4n) is 3.08. The molecular formula is C23H28N6O4. The summed E-state index contributed by atoms with van der Waals surface area (Å²) in [7, 11) is 8.40. The molecule has 1 aromatic heterocycles. The van der Waals surface area contributed by atoms with Gasteiger partial charge in [0.2, 0.25) is 5.75 Å². The zero-order chi connectivity index (χ0) is 24.0. The number of hydrogen-bond donors (Lipinski definition) is 3. The minimum absolute atomic E-state index is 0.410. The van der Waals surface area contributed by atoms with Gasteiger partial charge >= 0.3 is 6.03 Å². The number of carbonyl (C=O) groups excluding carboxylic acids is 1. The number of nitrogens with zero attached hydrogens (tertiary/aromatic N) is 3. The molecule has 33 heavy (non-hydrogen) atoms. The number of benzene rings is 2. The van der Waals surface area contributed by atoms with Crippen LogP contribution in [0.25, 0.3) is 0 Å². The number of hydrogen-bond acceptors (Lipinski definition) is 8. The second-order valence-electron chi connectivity index (χ2n) is 7.25. The lowest BCUT2D eigenvalue weighted by molar-refractivity contribution is 0.262. The van der Waals surface area contributed by atoms with Gasteiger partial charge in [-0.2, -0.15) is 0 Å². The van der Waals surface area contributed by atoms with Crippen LogP contribution in [-0.2, 0) is 0 Å². The monoisotopic (exact) mass is 452 g/mol. The molecule has 2 amide bonds. The fourth-order valence-corrected chi connectivity index (χ4v) is 3.08. The van der Waals surface area contributed by atoms with E-state index in [0.717, 1.165) is 11.5 Å². The Balaban J connectivity index is 1.66. The number of ether oxygens (including phenoxy) is 3. The Kier molecular flexibility index (Phi) is 7.39. The molecule has 174 valence electrons.